The number of ether oxygens (including phenoxy) is 9. The third kappa shape index (κ3) is 13.9. The van der Waals surface area contributed by atoms with E-state index in [4.69, 9.17) is 54.1 Å². The highest BCUT2D eigenvalue weighted by molar-refractivity contribution is 6.11. The fourth-order valence-corrected chi connectivity index (χ4v) is 19.6. The van der Waals surface area contributed by atoms with E-state index in [2.05, 4.69) is 0 Å². The van der Waals surface area contributed by atoms with Crippen LogP contribution < -0.4 is 30.4 Å². The number of carbonyl (C=O) groups is 6. The van der Waals surface area contributed by atoms with Gasteiger partial charge in [0.15, 0.2) is 151 Å². The summed E-state index contributed by atoms with van der Waals surface area (Å²) in [6.45, 7) is -1.80. The normalized spacial score (nSPS) is 24.8. The molecule has 0 spiro atoms. The first-order chi connectivity index (χ1) is 65.5. The fourth-order valence-electron chi connectivity index (χ4n) is 19.6. The van der Waals surface area contributed by atoms with Crippen molar-refractivity contribution >= 4 is 35.4 Å². The van der Waals surface area contributed by atoms with Crippen molar-refractivity contribution in [1.82, 2.24) is 0 Å². The molecule has 47 heteroatoms. The van der Waals surface area contributed by atoms with Crippen molar-refractivity contribution in [2.45, 2.75) is 109 Å². The first kappa shape index (κ1) is 92.1. The van der Waals surface area contributed by atoms with Crippen molar-refractivity contribution < 1.29 is 225 Å². The average molecular weight is 1930 g/mol. The molecule has 724 valence electrons. The average Bonchev–Trinajstić information content (AvgIpc) is 1.45. The molecule has 16 atom stereocenters. The molecule has 2 saturated heterocycles. The van der Waals surface area contributed by atoms with Gasteiger partial charge in [-0.3, -0.25) is 9.59 Å². The third-order valence-corrected chi connectivity index (χ3v) is 26.0. The number of Topliss-reactive ketones (excluding diaryl/α,β-unsaturated/α-hetero) is 2. The van der Waals surface area contributed by atoms with Gasteiger partial charge < -0.3 is 207 Å². The standard InChI is InChI=1S/C92H76N2O45/c93-23-37(64-43(99)18-39(95)31-13-59(131-85(123)27-5-51(107)71(118)52(108)6-27)75(135-79(31)64)25-1-47(103)69(116)48(104)2-25)66-45(101)20-41(97)33-15-61(133-87(125)29-9-55(111)73(120)56(112)10-29)77(137-81(33)66)35-17-63-90(128)84(122)36(22-89(127)83(68(35)115)91(63,129)139-92(89,90)130)78-62(134-88(126)30-11-57(113)74(121)58(114)12-30)16-34-42(98)21-46(102)67(82(34)138-78)38(24-94)65-44(100)19-40(96)32-14-60(132-86(124)28-7-53(109)72(119)54(110)8-28)76(136-80(32)65)26-3-49(105)70(117)50(106)4-26/h1-12,17-22,37-38,59-63,75-78,83,95-114,116-121,127-130H,13-16,23-24,93-94H2/t37?,38?,59-,60-,61-,62-,63?,75-,76-,77-,78-,83?,89?,90?,91?,92?/m1/s1. The van der Waals surface area contributed by atoms with Crippen LogP contribution in [0.15, 0.2) is 120 Å². The number of nitrogens with two attached hydrogens (primary N) is 2. The predicted octanol–water partition coefficient (Wildman–Crippen LogP) is 2.91. The quantitative estimate of drug-likeness (QED) is 0.0333. The van der Waals surface area contributed by atoms with Gasteiger partial charge >= 0.3 is 23.9 Å². The van der Waals surface area contributed by atoms with Crippen LogP contribution in [0.4, 0.5) is 0 Å². The van der Waals surface area contributed by atoms with Gasteiger partial charge in [0.2, 0.25) is 11.6 Å². The van der Waals surface area contributed by atoms with Crippen LogP contribution in [-0.4, -0.2) is 261 Å². The molecule has 2 aliphatic carbocycles. The maximum atomic E-state index is 16.5. The van der Waals surface area contributed by atoms with Crippen LogP contribution in [0.5, 0.6) is 172 Å². The molecule has 8 aliphatic rings. The topological polar surface area (TPSA) is 844 Å². The number of aliphatic hydroxyl groups is 4. The number of rotatable bonds is 18. The van der Waals surface area contributed by atoms with Gasteiger partial charge in [0.25, 0.3) is 0 Å². The largest absolute Gasteiger partial charge is 0.507 e. The van der Waals surface area contributed by atoms with Crippen LogP contribution in [0.2, 0.25) is 0 Å². The van der Waals surface area contributed by atoms with Crippen LogP contribution in [0, 0.1) is 11.8 Å². The zero-order chi connectivity index (χ0) is 100. The maximum Gasteiger partial charge on any atom is 0.338 e. The van der Waals surface area contributed by atoms with Crippen molar-refractivity contribution in [3.63, 3.8) is 0 Å². The van der Waals surface area contributed by atoms with E-state index in [-0.39, 0.29) is 17.2 Å². The monoisotopic (exact) mass is 1930 g/mol. The second kappa shape index (κ2) is 32.2. The summed E-state index contributed by atoms with van der Waals surface area (Å²) in [5, 5.41) is 340. The summed E-state index contributed by atoms with van der Waals surface area (Å²) in [5.41, 5.74) is -4.99. The van der Waals surface area contributed by atoms with E-state index < -0.39 is 420 Å². The van der Waals surface area contributed by atoms with Gasteiger partial charge in [-0.2, -0.15) is 0 Å². The van der Waals surface area contributed by atoms with E-state index in [0.29, 0.717) is 78.9 Å². The summed E-state index contributed by atoms with van der Waals surface area (Å²) in [4.78, 5) is 90.4. The minimum absolute atomic E-state index is 0.286. The molecule has 0 aromatic heterocycles. The predicted molar refractivity (Wildman–Crippen MR) is 451 cm³/mol. The maximum absolute atomic E-state index is 16.5. The van der Waals surface area contributed by atoms with Crippen LogP contribution >= 0.6 is 0 Å². The minimum atomic E-state index is -4.05. The van der Waals surface area contributed by atoms with Crippen LogP contribution in [0.25, 0.3) is 0 Å². The second-order valence-corrected chi connectivity index (χ2v) is 34.0. The zero-order valence-electron chi connectivity index (χ0n) is 70.3. The van der Waals surface area contributed by atoms with Crippen molar-refractivity contribution in [2.24, 2.45) is 23.3 Å². The lowest BCUT2D eigenvalue weighted by molar-refractivity contribution is -0.308. The Balaban J connectivity index is 0.762. The first-order valence-electron chi connectivity index (χ1n) is 41.3. The molecule has 0 radical (unpaired) electrons. The van der Waals surface area contributed by atoms with Crippen LogP contribution in [0.1, 0.15) is 121 Å². The van der Waals surface area contributed by atoms with Gasteiger partial charge in [0, 0.05) is 142 Å². The van der Waals surface area contributed by atoms with Crippen LogP contribution in [-0.2, 0) is 59.0 Å². The lowest BCUT2D eigenvalue weighted by atomic mass is 9.50. The Hall–Kier alpha value is -17.4. The molecular formula is C92H76N2O45. The Bertz CT molecular complexity index is 7010. The number of fused-ring (bicyclic) bond motifs is 6. The molecule has 10 aromatic carbocycles. The Kier molecular flexibility index (Phi) is 21.3. The van der Waals surface area contributed by atoms with Crippen molar-refractivity contribution in [1.29, 1.82) is 0 Å². The smallest absolute Gasteiger partial charge is 0.338 e. The van der Waals surface area contributed by atoms with Crippen molar-refractivity contribution in [3.8, 4) is 172 Å². The van der Waals surface area contributed by atoms with Gasteiger partial charge in [0.1, 0.15) is 99.3 Å². The highest BCUT2D eigenvalue weighted by atomic mass is 16.8. The molecule has 0 saturated carbocycles. The molecule has 0 amide bonds. The molecule has 34 N–H and O–H groups in total. The number of ketones is 2. The number of hydrogen-bond donors (Lipinski definition) is 32. The molecule has 10 aromatic rings. The molecule has 8 unspecified atom stereocenters. The molecule has 2 bridgehead atoms. The van der Waals surface area contributed by atoms with E-state index in [1.165, 1.54) is 0 Å². The van der Waals surface area contributed by atoms with Gasteiger partial charge in [-0.05, 0) is 78.9 Å². The van der Waals surface area contributed by atoms with Gasteiger partial charge in [0.05, 0.1) is 28.2 Å². The summed E-state index contributed by atoms with van der Waals surface area (Å²) in [6.07, 6.45) is -19.8. The van der Waals surface area contributed by atoms with Crippen LogP contribution in [0.3, 0.4) is 0 Å². The lowest BCUT2D eigenvalue weighted by Gasteiger charge is -2.55. The first-order valence-corrected chi connectivity index (χ1v) is 41.3. The SMILES string of the molecule is NCC(c1c(O)cc(O)c2c1O[C@H](C1=CC3C4(O)OC5(O)C(O)(C=C([C@H]6Oc7c(c(O)cc(O)c7C(CN)c7c(O)cc(O)c8c7O[C@H](c7cc(O)c(O)c(O)c7)[C@H](OC(=O)c7cc(O)c(O)c(O)c7)C8)C[C@H]6OC(=O)c6cc(O)c(O)c(O)c6)C(=O)C35O)C4C1=O)[C@H](OC(=O)c1cc(O)c(O)c(O)c1)C2)c1c(O)cc(O)c2c1O[C@H](c1cc(O)c(O)c(O)c1)[C@H](OC(=O)c1cc(O)c(O)c(O)c1)C2. The zero-order valence-corrected chi connectivity index (χ0v) is 70.3. The van der Waals surface area contributed by atoms with E-state index >= 15 is 9.59 Å². The summed E-state index contributed by atoms with van der Waals surface area (Å²) in [5.74, 6) is -56.9. The molecule has 47 nitrogen and oxygen atoms in total. The Morgan fingerprint density at radius 3 is 0.842 bits per heavy atom. The van der Waals surface area contributed by atoms with Gasteiger partial charge in [-0.25, -0.2) is 19.2 Å². The molecular weight excluding hydrogens is 1850 g/mol. The highest BCUT2D eigenvalue weighted by Crippen LogP contribution is 2.71. The summed E-state index contributed by atoms with van der Waals surface area (Å²) < 4.78 is 55.8. The van der Waals surface area contributed by atoms with E-state index in [9.17, 15) is 172 Å². The summed E-state index contributed by atoms with van der Waals surface area (Å²) >= 11 is 0. The summed E-state index contributed by atoms with van der Waals surface area (Å²) in [6, 6.07) is 10.9. The fraction of sp³-hybridized carbons (Fsp3) is 0.239. The molecule has 6 aliphatic heterocycles. The van der Waals surface area contributed by atoms with Gasteiger partial charge in [-0.1, -0.05) is 6.08 Å². The molecule has 18 rings (SSSR count). The number of hydrogen-bond acceptors (Lipinski definition) is 47. The lowest BCUT2D eigenvalue weighted by Crippen LogP contribution is -2.79. The molecule has 2 fully saturated rings. The number of benzene rings is 10. The third-order valence-electron chi connectivity index (χ3n) is 26.0. The Morgan fingerprint density at radius 2 is 0.576 bits per heavy atom. The molecule has 139 heavy (non-hydrogen) atoms. The summed E-state index contributed by atoms with van der Waals surface area (Å²) in [7, 11) is 0. The Morgan fingerprint density at radius 1 is 0.331 bits per heavy atom. The van der Waals surface area contributed by atoms with Crippen molar-refractivity contribution in [3.05, 3.63) is 198 Å². The molecule has 6 heterocycles. The minimum Gasteiger partial charge on any atom is -0.507 e. The van der Waals surface area contributed by atoms with Gasteiger partial charge in [-0.15, -0.1) is 0 Å². The van der Waals surface area contributed by atoms with E-state index in [0.717, 1.165) is 24.3 Å². The second-order valence-electron chi connectivity index (χ2n) is 34.0. The van der Waals surface area contributed by atoms with Crippen molar-refractivity contribution in [2.75, 3.05) is 13.1 Å². The number of phenolic OH excluding ortho intramolecular Hbond substituents is 26. The number of esters is 4. The van der Waals surface area contributed by atoms with E-state index in [1.807, 2.05) is 0 Å². The van der Waals surface area contributed by atoms with E-state index in [1.54, 1.807) is 0 Å². The Labute approximate surface area is 773 Å². The number of carbonyl (C=O) groups excluding carboxylic acids is 6. The number of phenols is 26. The number of aromatic hydroxyl groups is 26. The highest BCUT2D eigenvalue weighted by Gasteiger charge is 2.93.